The lowest BCUT2D eigenvalue weighted by Gasteiger charge is -2.15. The average molecular weight is 300 g/mol. The van der Waals surface area contributed by atoms with E-state index in [1.54, 1.807) is 13.0 Å². The Kier molecular flexibility index (Phi) is 4.22. The Hall–Kier alpha value is -2.18. The van der Waals surface area contributed by atoms with Gasteiger partial charge in [-0.05, 0) is 12.5 Å². The average Bonchev–Trinajstić information content (AvgIpc) is 3.05. The number of nitrogens with zero attached hydrogens (tertiary/aromatic N) is 2. The van der Waals surface area contributed by atoms with E-state index in [1.807, 2.05) is 18.2 Å². The standard InChI is InChI=1S/C16H20N4O2/c1-11-7-15(19-22-11)18-16(21)10-20-8-13(14(17)9-20)12-5-3-2-4-6-12/h2-7,13-14H,8-10,17H2,1H3,(H,18,19,21)/t13-,14+/m0/s1. The van der Waals surface area contributed by atoms with E-state index in [0.717, 1.165) is 6.54 Å². The molecule has 116 valence electrons. The summed E-state index contributed by atoms with van der Waals surface area (Å²) in [6, 6.07) is 12.0. The summed E-state index contributed by atoms with van der Waals surface area (Å²) in [7, 11) is 0. The molecule has 0 spiro atoms. The first-order valence-corrected chi connectivity index (χ1v) is 7.38. The fourth-order valence-corrected chi connectivity index (χ4v) is 2.91. The van der Waals surface area contributed by atoms with Gasteiger partial charge in [0.2, 0.25) is 5.91 Å². The molecule has 0 unspecified atom stereocenters. The molecule has 6 nitrogen and oxygen atoms in total. The summed E-state index contributed by atoms with van der Waals surface area (Å²) < 4.78 is 4.93. The fraction of sp³-hybridized carbons (Fsp3) is 0.375. The van der Waals surface area contributed by atoms with Gasteiger partial charge in [-0.3, -0.25) is 9.69 Å². The third-order valence-corrected chi connectivity index (χ3v) is 3.93. The first-order chi connectivity index (χ1) is 10.6. The number of nitrogens with one attached hydrogen (secondary N) is 1. The fourth-order valence-electron chi connectivity index (χ4n) is 2.91. The van der Waals surface area contributed by atoms with Gasteiger partial charge in [-0.2, -0.15) is 0 Å². The molecule has 1 fully saturated rings. The third-order valence-electron chi connectivity index (χ3n) is 3.93. The van der Waals surface area contributed by atoms with Crippen LogP contribution >= 0.6 is 0 Å². The summed E-state index contributed by atoms with van der Waals surface area (Å²) in [6.07, 6.45) is 0. The molecule has 1 aliphatic heterocycles. The number of anilines is 1. The van der Waals surface area contributed by atoms with Crippen molar-refractivity contribution < 1.29 is 9.32 Å². The van der Waals surface area contributed by atoms with Gasteiger partial charge in [0, 0.05) is 31.1 Å². The molecule has 0 radical (unpaired) electrons. The van der Waals surface area contributed by atoms with Gasteiger partial charge in [0.1, 0.15) is 5.76 Å². The second kappa shape index (κ2) is 6.29. The van der Waals surface area contributed by atoms with Crippen LogP contribution in [0.5, 0.6) is 0 Å². The molecule has 1 aromatic heterocycles. The lowest BCUT2D eigenvalue weighted by Crippen LogP contribution is -2.33. The van der Waals surface area contributed by atoms with E-state index in [4.69, 9.17) is 10.3 Å². The predicted octanol–water partition coefficient (Wildman–Crippen LogP) is 1.35. The highest BCUT2D eigenvalue weighted by Crippen LogP contribution is 2.26. The molecule has 6 heteroatoms. The van der Waals surface area contributed by atoms with Crippen LogP contribution in [0.15, 0.2) is 40.9 Å². The van der Waals surface area contributed by atoms with Crippen LogP contribution in [-0.4, -0.2) is 41.6 Å². The number of nitrogens with two attached hydrogens (primary N) is 1. The van der Waals surface area contributed by atoms with Gasteiger partial charge in [-0.25, -0.2) is 0 Å². The molecular weight excluding hydrogens is 280 g/mol. The highest BCUT2D eigenvalue weighted by molar-refractivity contribution is 5.91. The highest BCUT2D eigenvalue weighted by Gasteiger charge is 2.32. The molecule has 1 saturated heterocycles. The van der Waals surface area contributed by atoms with E-state index in [-0.39, 0.29) is 17.9 Å². The van der Waals surface area contributed by atoms with Gasteiger partial charge in [0.05, 0.1) is 6.54 Å². The van der Waals surface area contributed by atoms with E-state index in [2.05, 4.69) is 27.5 Å². The summed E-state index contributed by atoms with van der Waals surface area (Å²) in [5, 5.41) is 6.49. The van der Waals surface area contributed by atoms with Crippen molar-refractivity contribution in [2.24, 2.45) is 5.73 Å². The van der Waals surface area contributed by atoms with Gasteiger partial charge < -0.3 is 15.6 Å². The first kappa shape index (κ1) is 14.7. The van der Waals surface area contributed by atoms with Gasteiger partial charge in [0.15, 0.2) is 5.82 Å². The molecule has 2 heterocycles. The maximum absolute atomic E-state index is 12.1. The Bertz CT molecular complexity index is 641. The Balaban J connectivity index is 1.57. The molecule has 1 amide bonds. The van der Waals surface area contributed by atoms with Gasteiger partial charge >= 0.3 is 0 Å². The number of hydrogen-bond donors (Lipinski definition) is 2. The zero-order valence-corrected chi connectivity index (χ0v) is 12.5. The van der Waals surface area contributed by atoms with E-state index in [0.29, 0.717) is 24.7 Å². The normalized spacial score (nSPS) is 21.9. The largest absolute Gasteiger partial charge is 0.360 e. The van der Waals surface area contributed by atoms with Crippen LogP contribution in [-0.2, 0) is 4.79 Å². The summed E-state index contributed by atoms with van der Waals surface area (Å²) in [5.74, 6) is 1.28. The number of aromatic nitrogens is 1. The lowest BCUT2D eigenvalue weighted by atomic mass is 9.95. The summed E-state index contributed by atoms with van der Waals surface area (Å²) in [5.41, 5.74) is 7.46. The minimum absolute atomic E-state index is 0.0458. The van der Waals surface area contributed by atoms with Crippen LogP contribution < -0.4 is 11.1 Å². The van der Waals surface area contributed by atoms with Gasteiger partial charge in [0.25, 0.3) is 0 Å². The molecule has 2 atom stereocenters. The van der Waals surface area contributed by atoms with Gasteiger partial charge in [-0.1, -0.05) is 35.5 Å². The number of aryl methyl sites for hydroxylation is 1. The van der Waals surface area contributed by atoms with E-state index < -0.39 is 0 Å². The maximum Gasteiger partial charge on any atom is 0.239 e. The third kappa shape index (κ3) is 3.35. The minimum Gasteiger partial charge on any atom is -0.360 e. The minimum atomic E-state index is -0.103. The van der Waals surface area contributed by atoms with Crippen molar-refractivity contribution in [3.63, 3.8) is 0 Å². The number of likely N-dealkylation sites (tertiary alicyclic amines) is 1. The predicted molar refractivity (Wildman–Crippen MR) is 83.5 cm³/mol. The Morgan fingerprint density at radius 3 is 2.86 bits per heavy atom. The Morgan fingerprint density at radius 2 is 2.18 bits per heavy atom. The number of rotatable bonds is 4. The topological polar surface area (TPSA) is 84.4 Å². The number of amides is 1. The number of carbonyl (C=O) groups is 1. The van der Waals surface area contributed by atoms with E-state index >= 15 is 0 Å². The van der Waals surface area contributed by atoms with Crippen LogP contribution in [0.1, 0.15) is 17.2 Å². The lowest BCUT2D eigenvalue weighted by molar-refractivity contribution is -0.117. The summed E-state index contributed by atoms with van der Waals surface area (Å²) in [4.78, 5) is 14.1. The quantitative estimate of drug-likeness (QED) is 0.890. The van der Waals surface area contributed by atoms with Crippen molar-refractivity contribution in [2.75, 3.05) is 25.0 Å². The zero-order chi connectivity index (χ0) is 15.5. The van der Waals surface area contributed by atoms with Crippen molar-refractivity contribution in [1.29, 1.82) is 0 Å². The highest BCUT2D eigenvalue weighted by atomic mass is 16.5. The van der Waals surface area contributed by atoms with Crippen molar-refractivity contribution in [3.05, 3.63) is 47.7 Å². The molecule has 0 saturated carbocycles. The molecular formula is C16H20N4O2. The first-order valence-electron chi connectivity index (χ1n) is 7.38. The summed E-state index contributed by atoms with van der Waals surface area (Å²) in [6.45, 7) is 3.59. The van der Waals surface area contributed by atoms with Crippen LogP contribution in [0.25, 0.3) is 0 Å². The monoisotopic (exact) mass is 300 g/mol. The number of benzene rings is 1. The summed E-state index contributed by atoms with van der Waals surface area (Å²) >= 11 is 0. The SMILES string of the molecule is Cc1cc(NC(=O)CN2C[C@@H](N)[C@H](c3ccccc3)C2)no1. The molecule has 1 aliphatic rings. The van der Waals surface area contributed by atoms with Crippen molar-refractivity contribution >= 4 is 11.7 Å². The molecule has 0 aliphatic carbocycles. The van der Waals surface area contributed by atoms with Crippen LogP contribution in [0.4, 0.5) is 5.82 Å². The molecule has 3 rings (SSSR count). The van der Waals surface area contributed by atoms with Crippen LogP contribution in [0.2, 0.25) is 0 Å². The smallest absolute Gasteiger partial charge is 0.239 e. The van der Waals surface area contributed by atoms with Crippen molar-refractivity contribution in [2.45, 2.75) is 18.9 Å². The zero-order valence-electron chi connectivity index (χ0n) is 12.5. The molecule has 1 aromatic carbocycles. The Morgan fingerprint density at radius 1 is 1.41 bits per heavy atom. The van der Waals surface area contributed by atoms with Crippen LogP contribution in [0, 0.1) is 6.92 Å². The molecule has 22 heavy (non-hydrogen) atoms. The van der Waals surface area contributed by atoms with E-state index in [1.165, 1.54) is 5.56 Å². The van der Waals surface area contributed by atoms with Gasteiger partial charge in [-0.15, -0.1) is 0 Å². The van der Waals surface area contributed by atoms with E-state index in [9.17, 15) is 4.79 Å². The van der Waals surface area contributed by atoms with Crippen LogP contribution in [0.3, 0.4) is 0 Å². The van der Waals surface area contributed by atoms with Crippen molar-refractivity contribution in [1.82, 2.24) is 10.1 Å². The Labute approximate surface area is 129 Å². The second-order valence-electron chi connectivity index (χ2n) is 5.75. The number of carbonyl (C=O) groups excluding carboxylic acids is 1. The number of hydrogen-bond acceptors (Lipinski definition) is 5. The maximum atomic E-state index is 12.1. The molecule has 3 N–H and O–H groups in total. The molecule has 0 bridgehead atoms. The molecule has 2 aromatic rings. The second-order valence-corrected chi connectivity index (χ2v) is 5.75. The van der Waals surface area contributed by atoms with Crippen molar-refractivity contribution in [3.8, 4) is 0 Å².